The molecule has 4 aliphatic heterocycles. The van der Waals surface area contributed by atoms with Gasteiger partial charge >= 0.3 is 0 Å². The van der Waals surface area contributed by atoms with E-state index in [1.807, 2.05) is 194 Å². The summed E-state index contributed by atoms with van der Waals surface area (Å²) in [4.78, 5) is 73.5. The van der Waals surface area contributed by atoms with Crippen molar-refractivity contribution < 1.29 is 37.3 Å². The van der Waals surface area contributed by atoms with Gasteiger partial charge in [-0.1, -0.05) is 194 Å². The summed E-state index contributed by atoms with van der Waals surface area (Å²) in [5.41, 5.74) is 12.9. The van der Waals surface area contributed by atoms with Crippen LogP contribution in [0.15, 0.2) is 194 Å². The SMILES string of the molecule is [Er].c1ccc2c(c1)-c1nc-2nc2[nH]c(nc3nc(nc4[nH]c(n1)c1ccccc41)-c1ccccc1-3)c1ccccc21.c1ccc2c(c1)-c1nc-2nc2[nH]c(nc3nc(nc4[nH]c(n1)c1ccccc41)-c1ccccc1-3)c1ccccc21. The van der Waals surface area contributed by atoms with Gasteiger partial charge in [0.25, 0.3) is 0 Å². The standard InChI is InChI=1S/2C32H18N8.Er/c2*1-2-10-18-17(9-1)25-33-26(18)38-28-21-13-5-6-14-22(21)30(35-28)40-32-24-16-8-7-15-23(24)31(36-32)39-29-20-12-4-3-11-19(20)27(34-29)37-25;/h2*1-16H,(H2,33,34,35,36,37,38,39,40);. The molecule has 16 bridgehead atoms. The number of nitrogens with zero attached hydrogens (tertiary/aromatic N) is 12. The summed E-state index contributed by atoms with van der Waals surface area (Å²) in [6.45, 7) is 0. The average Bonchev–Trinajstić information content (AvgIpc) is 4.53. The molecule has 18 rings (SSSR count). The van der Waals surface area contributed by atoms with Crippen LogP contribution in [0.4, 0.5) is 0 Å². The molecule has 0 amide bonds. The maximum absolute atomic E-state index is 5.02. The normalized spacial score (nSPS) is 11.9. The number of aromatic amines is 4. The topological polar surface area (TPSA) is 218 Å². The number of fused-ring (bicyclic) bond motifs is 40. The Hall–Kier alpha value is -10.3. The van der Waals surface area contributed by atoms with Gasteiger partial charge in [-0.05, 0) is 0 Å². The molecule has 0 unspecified atom stereocenters. The minimum absolute atomic E-state index is 0. The molecule has 0 atom stereocenters. The van der Waals surface area contributed by atoms with Crippen molar-refractivity contribution in [3.63, 3.8) is 0 Å². The van der Waals surface area contributed by atoms with Gasteiger partial charge in [0.1, 0.15) is 45.2 Å². The van der Waals surface area contributed by atoms with E-state index in [1.54, 1.807) is 0 Å². The number of hydrogen-bond acceptors (Lipinski definition) is 12. The first-order valence-electron chi connectivity index (χ1n) is 26.0. The van der Waals surface area contributed by atoms with Crippen LogP contribution >= 0.6 is 0 Å². The second kappa shape index (κ2) is 18.4. The zero-order valence-electron chi connectivity index (χ0n) is 42.1. The monoisotopic (exact) mass is 1190 g/mol. The molecule has 0 fully saturated rings. The fraction of sp³-hybridized carbons (Fsp3) is 0. The first-order valence-corrected chi connectivity index (χ1v) is 26.0. The molecule has 16 nitrogen and oxygen atoms in total. The predicted octanol–water partition coefficient (Wildman–Crippen LogP) is 13.7. The minimum atomic E-state index is 0. The third-order valence-corrected chi connectivity index (χ3v) is 14.9. The van der Waals surface area contributed by atoms with Crippen molar-refractivity contribution in [3.05, 3.63) is 194 Å². The molecule has 14 aromatic rings. The minimum Gasteiger partial charge on any atom is -0.324 e. The Bertz CT molecular complexity index is 4390. The van der Waals surface area contributed by atoms with Gasteiger partial charge in [0.15, 0.2) is 46.6 Å². The van der Waals surface area contributed by atoms with Gasteiger partial charge in [0.2, 0.25) is 0 Å². The second-order valence-corrected chi connectivity index (χ2v) is 19.6. The molecule has 4 aliphatic rings. The first kappa shape index (κ1) is 46.8. The van der Waals surface area contributed by atoms with Gasteiger partial charge in [-0.25, -0.2) is 59.8 Å². The molecule has 10 heterocycles. The average molecular weight is 1200 g/mol. The molecule has 8 aromatic carbocycles. The van der Waals surface area contributed by atoms with Crippen LogP contribution in [0.1, 0.15) is 0 Å². The Labute approximate surface area is 487 Å². The number of benzene rings is 8. The molecule has 4 N–H and O–H groups in total. The Kier molecular flexibility index (Phi) is 10.6. The van der Waals surface area contributed by atoms with Crippen molar-refractivity contribution in [3.8, 4) is 91.1 Å². The quantitative estimate of drug-likeness (QED) is 0.111. The molecule has 17 heteroatoms. The molecule has 6 aromatic heterocycles. The van der Waals surface area contributed by atoms with Crippen molar-refractivity contribution in [2.24, 2.45) is 0 Å². The van der Waals surface area contributed by atoms with Crippen LogP contribution in [0.5, 0.6) is 0 Å². The van der Waals surface area contributed by atoms with Crippen LogP contribution in [-0.4, -0.2) is 79.7 Å². The van der Waals surface area contributed by atoms with Crippen LogP contribution < -0.4 is 0 Å². The van der Waals surface area contributed by atoms with Gasteiger partial charge in [-0.15, -0.1) is 0 Å². The molecule has 0 aliphatic carbocycles. The van der Waals surface area contributed by atoms with Crippen LogP contribution in [0.3, 0.4) is 0 Å². The van der Waals surface area contributed by atoms with Crippen LogP contribution in [0, 0.1) is 37.3 Å². The molecule has 0 radical (unpaired) electrons. The van der Waals surface area contributed by atoms with E-state index < -0.39 is 0 Å². The summed E-state index contributed by atoms with van der Waals surface area (Å²) in [5, 5.41) is 7.64. The molecule has 0 saturated heterocycles. The zero-order valence-corrected chi connectivity index (χ0v) is 44.0. The van der Waals surface area contributed by atoms with Crippen molar-refractivity contribution in [2.75, 3.05) is 0 Å². The molecule has 0 saturated carbocycles. The van der Waals surface area contributed by atoms with E-state index in [4.69, 9.17) is 59.8 Å². The first-order chi connectivity index (χ1) is 39.6. The largest absolute Gasteiger partial charge is 0.324 e. The number of H-pyrrole nitrogens is 4. The second-order valence-electron chi connectivity index (χ2n) is 19.6. The fourth-order valence-corrected chi connectivity index (χ4v) is 11.2. The van der Waals surface area contributed by atoms with Crippen LogP contribution in [-0.2, 0) is 0 Å². The smallest absolute Gasteiger partial charge is 0.164 e. The fourth-order valence-electron chi connectivity index (χ4n) is 11.2. The predicted molar refractivity (Wildman–Crippen MR) is 312 cm³/mol. The van der Waals surface area contributed by atoms with Gasteiger partial charge in [-0.3, -0.25) is 0 Å². The van der Waals surface area contributed by atoms with E-state index in [0.29, 0.717) is 91.8 Å². The molecule has 0 spiro atoms. The van der Waals surface area contributed by atoms with Crippen molar-refractivity contribution in [1.82, 2.24) is 79.7 Å². The molecular weight excluding hydrogens is 1160 g/mol. The summed E-state index contributed by atoms with van der Waals surface area (Å²) < 4.78 is 0. The third kappa shape index (κ3) is 7.56. The summed E-state index contributed by atoms with van der Waals surface area (Å²) in [7, 11) is 0. The van der Waals surface area contributed by atoms with Crippen molar-refractivity contribution >= 4 is 88.3 Å². The van der Waals surface area contributed by atoms with E-state index in [0.717, 1.165) is 87.6 Å². The summed E-state index contributed by atoms with van der Waals surface area (Å²) in [6.07, 6.45) is 0. The number of rotatable bonds is 0. The summed E-state index contributed by atoms with van der Waals surface area (Å²) in [5.74, 6) is 4.78. The van der Waals surface area contributed by atoms with Gasteiger partial charge < -0.3 is 19.9 Å². The van der Waals surface area contributed by atoms with E-state index in [-0.39, 0.29) is 37.3 Å². The zero-order chi connectivity index (χ0) is 52.4. The number of hydrogen-bond donors (Lipinski definition) is 4. The van der Waals surface area contributed by atoms with E-state index in [9.17, 15) is 0 Å². The number of nitrogens with one attached hydrogen (secondary N) is 4. The van der Waals surface area contributed by atoms with Crippen molar-refractivity contribution in [1.29, 1.82) is 0 Å². The Morgan fingerprint density at radius 1 is 0.160 bits per heavy atom. The number of aromatic nitrogens is 16. The molecular formula is C64H36ErN16. The molecule has 81 heavy (non-hydrogen) atoms. The molecule has 384 valence electrons. The Morgan fingerprint density at radius 3 is 0.420 bits per heavy atom. The van der Waals surface area contributed by atoms with E-state index in [1.165, 1.54) is 0 Å². The van der Waals surface area contributed by atoms with E-state index in [2.05, 4.69) is 19.9 Å². The summed E-state index contributed by atoms with van der Waals surface area (Å²) in [6, 6.07) is 64.5. The van der Waals surface area contributed by atoms with Gasteiger partial charge in [0, 0.05) is 125 Å². The van der Waals surface area contributed by atoms with Crippen molar-refractivity contribution in [2.45, 2.75) is 0 Å². The maximum Gasteiger partial charge on any atom is 0.164 e. The van der Waals surface area contributed by atoms with Crippen LogP contribution in [0.25, 0.3) is 179 Å². The Morgan fingerprint density at radius 2 is 0.284 bits per heavy atom. The summed E-state index contributed by atoms with van der Waals surface area (Å²) >= 11 is 0. The maximum atomic E-state index is 5.02. The van der Waals surface area contributed by atoms with E-state index >= 15 is 0 Å². The van der Waals surface area contributed by atoms with Crippen LogP contribution in [0.2, 0.25) is 0 Å². The Balaban J connectivity index is 0.000000132. The van der Waals surface area contributed by atoms with Gasteiger partial charge in [-0.2, -0.15) is 0 Å². The third-order valence-electron chi connectivity index (χ3n) is 14.9. The van der Waals surface area contributed by atoms with Gasteiger partial charge in [0.05, 0.1) is 0 Å².